The van der Waals surface area contributed by atoms with Gasteiger partial charge in [0, 0.05) is 12.6 Å². The fourth-order valence-corrected chi connectivity index (χ4v) is 4.02. The van der Waals surface area contributed by atoms with Crippen LogP contribution in [-0.2, 0) is 0 Å². The van der Waals surface area contributed by atoms with Gasteiger partial charge in [-0.15, -0.1) is 0 Å². The number of nitrogens with zero attached hydrogens (tertiary/aromatic N) is 1. The summed E-state index contributed by atoms with van der Waals surface area (Å²) >= 11 is 6.29. The van der Waals surface area contributed by atoms with Crippen molar-refractivity contribution in [3.8, 4) is 11.5 Å². The summed E-state index contributed by atoms with van der Waals surface area (Å²) in [5, 5.41) is 4.04. The fourth-order valence-electron chi connectivity index (χ4n) is 3.81. The Bertz CT molecular complexity index is 775. The van der Waals surface area contributed by atoms with Crippen LogP contribution in [-0.4, -0.2) is 38.1 Å². The van der Waals surface area contributed by atoms with E-state index in [0.717, 1.165) is 43.7 Å². The molecule has 1 saturated heterocycles. The third-order valence-electron chi connectivity index (χ3n) is 5.29. The molecule has 5 heteroatoms. The molecule has 4 nitrogen and oxygen atoms in total. The van der Waals surface area contributed by atoms with Gasteiger partial charge in [0.15, 0.2) is 11.5 Å². The van der Waals surface area contributed by atoms with Crippen LogP contribution in [0.25, 0.3) is 0 Å². The molecule has 0 aliphatic carbocycles. The van der Waals surface area contributed by atoms with Crippen molar-refractivity contribution in [2.75, 3.05) is 19.7 Å². The second kappa shape index (κ2) is 8.77. The van der Waals surface area contributed by atoms with E-state index in [4.69, 9.17) is 26.1 Å². The van der Waals surface area contributed by atoms with E-state index in [1.165, 1.54) is 0 Å². The lowest BCUT2D eigenvalue weighted by Crippen LogP contribution is -2.38. The zero-order chi connectivity index (χ0) is 18.5. The molecule has 2 aliphatic heterocycles. The molecule has 2 aliphatic rings. The molecule has 1 N–H and O–H groups in total. The van der Waals surface area contributed by atoms with E-state index in [1.807, 2.05) is 42.6 Å². The summed E-state index contributed by atoms with van der Waals surface area (Å²) in [6, 6.07) is 16.1. The van der Waals surface area contributed by atoms with E-state index >= 15 is 0 Å². The molecule has 2 aromatic rings. The van der Waals surface area contributed by atoms with Gasteiger partial charge in [-0.25, -0.2) is 0 Å². The zero-order valence-corrected chi connectivity index (χ0v) is 16.1. The van der Waals surface area contributed by atoms with Crippen LogP contribution in [0.1, 0.15) is 24.8 Å². The number of hydrogen-bond donors (Lipinski definition) is 1. The second-order valence-electron chi connectivity index (χ2n) is 7.20. The smallest absolute Gasteiger partial charge is 0.180 e. The summed E-state index contributed by atoms with van der Waals surface area (Å²) in [6.45, 7) is 2.65. The van der Waals surface area contributed by atoms with Gasteiger partial charge in [-0.3, -0.25) is 4.99 Å². The molecule has 2 aromatic carbocycles. The van der Waals surface area contributed by atoms with Crippen LogP contribution in [0.5, 0.6) is 11.5 Å². The standard InChI is InChI=1S/C22H25ClN2O2/c23-19-7-4-8-21-22(19)27-18(15-26-21)13-20(17-9-11-24-12-10-17)25-14-16-5-2-1-3-6-16/h1-8,14,17-18,20,24H,9-13,15H2/t18-,20?/m0/s1. The van der Waals surface area contributed by atoms with Gasteiger partial charge in [-0.2, -0.15) is 0 Å². The SMILES string of the molecule is Clc1cccc2c1O[C@@H](CC(N=Cc1ccccc1)C1CCNCC1)CO2. The molecule has 1 unspecified atom stereocenters. The van der Waals surface area contributed by atoms with Crippen LogP contribution in [0.4, 0.5) is 0 Å². The first-order valence-corrected chi connectivity index (χ1v) is 10.0. The van der Waals surface area contributed by atoms with Crippen LogP contribution in [0, 0.1) is 5.92 Å². The monoisotopic (exact) mass is 384 g/mol. The molecule has 2 heterocycles. The minimum Gasteiger partial charge on any atom is -0.486 e. The largest absolute Gasteiger partial charge is 0.486 e. The van der Waals surface area contributed by atoms with Crippen molar-refractivity contribution in [1.29, 1.82) is 0 Å². The molecule has 0 saturated carbocycles. The van der Waals surface area contributed by atoms with Gasteiger partial charge in [-0.05, 0) is 49.5 Å². The van der Waals surface area contributed by atoms with Crippen molar-refractivity contribution >= 4 is 17.8 Å². The predicted octanol–water partition coefficient (Wildman–Crippen LogP) is 4.36. The summed E-state index contributed by atoms with van der Waals surface area (Å²) < 4.78 is 12.1. The lowest BCUT2D eigenvalue weighted by Gasteiger charge is -2.33. The average Bonchev–Trinajstić information content (AvgIpc) is 2.73. The van der Waals surface area contributed by atoms with Gasteiger partial charge in [0.05, 0.1) is 11.1 Å². The Hall–Kier alpha value is -2.04. The number of aliphatic imine (C=N–C) groups is 1. The topological polar surface area (TPSA) is 42.8 Å². The van der Waals surface area contributed by atoms with E-state index in [0.29, 0.717) is 23.3 Å². The Morgan fingerprint density at radius 2 is 1.93 bits per heavy atom. The number of halogens is 1. The predicted molar refractivity (Wildman–Crippen MR) is 109 cm³/mol. The van der Waals surface area contributed by atoms with E-state index in [2.05, 4.69) is 17.4 Å². The normalized spacial score (nSPS) is 21.3. The first-order chi connectivity index (χ1) is 13.3. The minimum atomic E-state index is -0.0368. The van der Waals surface area contributed by atoms with Gasteiger partial charge >= 0.3 is 0 Å². The van der Waals surface area contributed by atoms with Crippen LogP contribution in [0.2, 0.25) is 5.02 Å². The van der Waals surface area contributed by atoms with E-state index in [9.17, 15) is 0 Å². The van der Waals surface area contributed by atoms with E-state index < -0.39 is 0 Å². The van der Waals surface area contributed by atoms with Crippen molar-refractivity contribution in [3.05, 3.63) is 59.1 Å². The molecule has 1 fully saturated rings. The molecule has 0 radical (unpaired) electrons. The highest BCUT2D eigenvalue weighted by Crippen LogP contribution is 2.39. The highest BCUT2D eigenvalue weighted by Gasteiger charge is 2.30. The number of hydrogen-bond acceptors (Lipinski definition) is 4. The molecular weight excluding hydrogens is 360 g/mol. The van der Waals surface area contributed by atoms with Crippen LogP contribution >= 0.6 is 11.6 Å². The highest BCUT2D eigenvalue weighted by molar-refractivity contribution is 6.32. The van der Waals surface area contributed by atoms with Gasteiger partial charge in [-0.1, -0.05) is 48.0 Å². The summed E-state index contributed by atoms with van der Waals surface area (Å²) in [5.74, 6) is 1.94. The molecule has 142 valence electrons. The van der Waals surface area contributed by atoms with Gasteiger partial charge < -0.3 is 14.8 Å². The third-order valence-corrected chi connectivity index (χ3v) is 5.58. The molecule has 2 atom stereocenters. The van der Waals surface area contributed by atoms with Crippen molar-refractivity contribution in [3.63, 3.8) is 0 Å². The number of benzene rings is 2. The Morgan fingerprint density at radius 3 is 2.74 bits per heavy atom. The summed E-state index contributed by atoms with van der Waals surface area (Å²) in [7, 11) is 0. The minimum absolute atomic E-state index is 0.0368. The van der Waals surface area contributed by atoms with Gasteiger partial charge in [0.2, 0.25) is 0 Å². The lowest BCUT2D eigenvalue weighted by atomic mass is 9.87. The maximum absolute atomic E-state index is 6.29. The lowest BCUT2D eigenvalue weighted by molar-refractivity contribution is 0.0731. The Labute approximate surface area is 165 Å². The Balaban J connectivity index is 1.49. The number of rotatable bonds is 5. The number of fused-ring (bicyclic) bond motifs is 1. The van der Waals surface area contributed by atoms with E-state index in [1.54, 1.807) is 0 Å². The quantitative estimate of drug-likeness (QED) is 0.779. The van der Waals surface area contributed by atoms with Crippen molar-refractivity contribution in [1.82, 2.24) is 5.32 Å². The molecule has 0 aromatic heterocycles. The third kappa shape index (κ3) is 4.63. The number of nitrogens with one attached hydrogen (secondary N) is 1. The Morgan fingerprint density at radius 1 is 1.11 bits per heavy atom. The van der Waals surface area contributed by atoms with E-state index in [-0.39, 0.29) is 12.1 Å². The highest BCUT2D eigenvalue weighted by atomic mass is 35.5. The zero-order valence-electron chi connectivity index (χ0n) is 15.3. The first-order valence-electron chi connectivity index (χ1n) is 9.66. The molecule has 0 bridgehead atoms. The van der Waals surface area contributed by atoms with Crippen molar-refractivity contribution in [2.45, 2.75) is 31.4 Å². The molecular formula is C22H25ClN2O2. The Kier molecular flexibility index (Phi) is 5.95. The molecule has 0 spiro atoms. The number of para-hydroxylation sites is 1. The van der Waals surface area contributed by atoms with Gasteiger partial charge in [0.1, 0.15) is 12.7 Å². The van der Waals surface area contributed by atoms with Crippen LogP contribution in [0.3, 0.4) is 0 Å². The number of ether oxygens (including phenoxy) is 2. The summed E-state index contributed by atoms with van der Waals surface area (Å²) in [4.78, 5) is 4.97. The second-order valence-corrected chi connectivity index (χ2v) is 7.60. The van der Waals surface area contributed by atoms with Crippen molar-refractivity contribution in [2.24, 2.45) is 10.9 Å². The molecule has 0 amide bonds. The first kappa shape index (κ1) is 18.3. The van der Waals surface area contributed by atoms with Crippen molar-refractivity contribution < 1.29 is 9.47 Å². The van der Waals surface area contributed by atoms with Crippen LogP contribution < -0.4 is 14.8 Å². The molecule has 27 heavy (non-hydrogen) atoms. The molecule has 4 rings (SSSR count). The summed E-state index contributed by atoms with van der Waals surface area (Å²) in [5.41, 5.74) is 1.13. The maximum atomic E-state index is 6.29. The maximum Gasteiger partial charge on any atom is 0.180 e. The van der Waals surface area contributed by atoms with Gasteiger partial charge in [0.25, 0.3) is 0 Å². The fraction of sp³-hybridized carbons (Fsp3) is 0.409. The average molecular weight is 385 g/mol. The number of piperidine rings is 1. The van der Waals surface area contributed by atoms with Crippen LogP contribution in [0.15, 0.2) is 53.5 Å². The summed E-state index contributed by atoms with van der Waals surface area (Å²) in [6.07, 6.45) is 5.07.